The van der Waals surface area contributed by atoms with Gasteiger partial charge in [-0.15, -0.1) is 11.3 Å². The van der Waals surface area contributed by atoms with Crippen LogP contribution >= 0.6 is 22.9 Å². The van der Waals surface area contributed by atoms with Crippen LogP contribution in [0.4, 0.5) is 0 Å². The molecule has 0 radical (unpaired) electrons. The van der Waals surface area contributed by atoms with Crippen molar-refractivity contribution < 1.29 is 9.53 Å². The summed E-state index contributed by atoms with van der Waals surface area (Å²) in [4.78, 5) is 12.9. The highest BCUT2D eigenvalue weighted by atomic mass is 35.5. The third kappa shape index (κ3) is 4.34. The molecule has 0 bridgehead atoms. The molecule has 1 atom stereocenters. The lowest BCUT2D eigenvalue weighted by molar-refractivity contribution is -0.117. The average Bonchev–Trinajstić information content (AvgIpc) is 2.90. The van der Waals surface area contributed by atoms with Crippen LogP contribution in [0.2, 0.25) is 4.34 Å². The van der Waals surface area contributed by atoms with Crippen LogP contribution in [0.15, 0.2) is 42.5 Å². The molecule has 0 fully saturated rings. The van der Waals surface area contributed by atoms with Gasteiger partial charge in [0.05, 0.1) is 17.5 Å². The standard InChI is InChI=1S/C16H16ClNO2S/c1-11(13-5-3-4-6-14(13)20-2)18-16(19)10-8-12-7-9-15(17)21-12/h3-11H,1-2H3,(H,18,19)/b10-8+. The molecule has 0 saturated heterocycles. The summed E-state index contributed by atoms with van der Waals surface area (Å²) in [6, 6.07) is 11.2. The molecule has 1 N–H and O–H groups in total. The molecule has 21 heavy (non-hydrogen) atoms. The Morgan fingerprint density at radius 1 is 1.33 bits per heavy atom. The van der Waals surface area contributed by atoms with E-state index in [4.69, 9.17) is 16.3 Å². The van der Waals surface area contributed by atoms with Crippen LogP contribution in [-0.4, -0.2) is 13.0 Å². The minimum Gasteiger partial charge on any atom is -0.496 e. The van der Waals surface area contributed by atoms with E-state index in [1.807, 2.05) is 37.3 Å². The summed E-state index contributed by atoms with van der Waals surface area (Å²) in [5.74, 6) is 0.609. The Morgan fingerprint density at radius 3 is 2.76 bits per heavy atom. The third-order valence-corrected chi connectivity index (χ3v) is 4.15. The SMILES string of the molecule is COc1ccccc1C(C)NC(=O)/C=C/c1ccc(Cl)s1. The summed E-state index contributed by atoms with van der Waals surface area (Å²) >= 11 is 7.27. The van der Waals surface area contributed by atoms with Crippen molar-refractivity contribution in [3.63, 3.8) is 0 Å². The van der Waals surface area contributed by atoms with E-state index in [2.05, 4.69) is 5.32 Å². The zero-order chi connectivity index (χ0) is 15.2. The number of halogens is 1. The number of methoxy groups -OCH3 is 1. The predicted molar refractivity (Wildman–Crippen MR) is 87.9 cm³/mol. The summed E-state index contributed by atoms with van der Waals surface area (Å²) in [5, 5.41) is 2.91. The number of hydrogen-bond donors (Lipinski definition) is 1. The van der Waals surface area contributed by atoms with Gasteiger partial charge in [-0.05, 0) is 31.2 Å². The van der Waals surface area contributed by atoms with Crippen molar-refractivity contribution >= 4 is 34.9 Å². The fraction of sp³-hybridized carbons (Fsp3) is 0.188. The van der Waals surface area contributed by atoms with Gasteiger partial charge in [-0.3, -0.25) is 4.79 Å². The lowest BCUT2D eigenvalue weighted by Crippen LogP contribution is -2.24. The number of nitrogens with one attached hydrogen (secondary N) is 1. The molecule has 3 nitrogen and oxygen atoms in total. The largest absolute Gasteiger partial charge is 0.496 e. The molecule has 0 aliphatic carbocycles. The fourth-order valence-electron chi connectivity index (χ4n) is 1.94. The second kappa shape index (κ2) is 7.29. The van der Waals surface area contributed by atoms with Crippen LogP contribution in [-0.2, 0) is 4.79 Å². The molecule has 0 spiro atoms. The van der Waals surface area contributed by atoms with E-state index in [0.717, 1.165) is 16.2 Å². The number of rotatable bonds is 5. The number of amides is 1. The van der Waals surface area contributed by atoms with Crippen molar-refractivity contribution in [2.24, 2.45) is 0 Å². The summed E-state index contributed by atoms with van der Waals surface area (Å²) in [7, 11) is 1.62. The van der Waals surface area contributed by atoms with E-state index in [-0.39, 0.29) is 11.9 Å². The highest BCUT2D eigenvalue weighted by molar-refractivity contribution is 7.17. The van der Waals surface area contributed by atoms with Crippen LogP contribution in [0.3, 0.4) is 0 Å². The monoisotopic (exact) mass is 321 g/mol. The van der Waals surface area contributed by atoms with Crippen molar-refractivity contribution in [3.05, 3.63) is 57.3 Å². The van der Waals surface area contributed by atoms with Gasteiger partial charge in [-0.2, -0.15) is 0 Å². The molecule has 5 heteroatoms. The molecule has 110 valence electrons. The van der Waals surface area contributed by atoms with E-state index in [0.29, 0.717) is 4.34 Å². The first kappa shape index (κ1) is 15.6. The van der Waals surface area contributed by atoms with Gasteiger partial charge in [0, 0.05) is 16.5 Å². The molecular weight excluding hydrogens is 306 g/mol. The molecule has 0 saturated carbocycles. The molecule has 2 aromatic rings. The summed E-state index contributed by atoms with van der Waals surface area (Å²) in [6.07, 6.45) is 3.26. The Morgan fingerprint density at radius 2 is 2.10 bits per heavy atom. The Hall–Kier alpha value is -1.78. The first-order chi connectivity index (χ1) is 10.1. The Balaban J connectivity index is 2.00. The van der Waals surface area contributed by atoms with E-state index >= 15 is 0 Å². The van der Waals surface area contributed by atoms with Crippen LogP contribution in [0.5, 0.6) is 5.75 Å². The summed E-state index contributed by atoms with van der Waals surface area (Å²) < 4.78 is 6.00. The maximum absolute atomic E-state index is 11.9. The van der Waals surface area contributed by atoms with Gasteiger partial charge >= 0.3 is 0 Å². The van der Waals surface area contributed by atoms with Gasteiger partial charge in [-0.25, -0.2) is 0 Å². The Kier molecular flexibility index (Phi) is 5.42. The first-order valence-electron chi connectivity index (χ1n) is 6.47. The van der Waals surface area contributed by atoms with Crippen LogP contribution in [0.1, 0.15) is 23.4 Å². The number of thiophene rings is 1. The maximum atomic E-state index is 11.9. The normalized spacial score (nSPS) is 12.3. The Bertz CT molecular complexity index is 651. The van der Waals surface area contributed by atoms with Crippen LogP contribution in [0.25, 0.3) is 6.08 Å². The predicted octanol–water partition coefficient (Wildman–Crippen LogP) is 4.30. The lowest BCUT2D eigenvalue weighted by Gasteiger charge is -2.16. The quantitative estimate of drug-likeness (QED) is 0.834. The van der Waals surface area contributed by atoms with E-state index < -0.39 is 0 Å². The maximum Gasteiger partial charge on any atom is 0.244 e. The molecule has 2 rings (SSSR count). The van der Waals surface area contributed by atoms with Gasteiger partial charge < -0.3 is 10.1 Å². The van der Waals surface area contributed by atoms with E-state index in [1.54, 1.807) is 19.3 Å². The lowest BCUT2D eigenvalue weighted by atomic mass is 10.1. The fourth-order valence-corrected chi connectivity index (χ4v) is 2.90. The summed E-state index contributed by atoms with van der Waals surface area (Å²) in [6.45, 7) is 1.92. The number of benzene rings is 1. The number of ether oxygens (including phenoxy) is 1. The topological polar surface area (TPSA) is 38.3 Å². The first-order valence-corrected chi connectivity index (χ1v) is 7.66. The van der Waals surface area contributed by atoms with Crippen molar-refractivity contribution in [2.45, 2.75) is 13.0 Å². The van der Waals surface area contributed by atoms with Crippen molar-refractivity contribution in [1.29, 1.82) is 0 Å². The number of carbonyl (C=O) groups is 1. The van der Waals surface area contributed by atoms with Crippen LogP contribution < -0.4 is 10.1 Å². The molecule has 0 aliphatic heterocycles. The highest BCUT2D eigenvalue weighted by Gasteiger charge is 2.12. The van der Waals surface area contributed by atoms with Gasteiger partial charge in [0.2, 0.25) is 5.91 Å². The second-order valence-electron chi connectivity index (χ2n) is 4.45. The molecule has 1 heterocycles. The van der Waals surface area contributed by atoms with Gasteiger partial charge in [0.1, 0.15) is 5.75 Å². The van der Waals surface area contributed by atoms with Crippen LogP contribution in [0, 0.1) is 0 Å². The molecule has 1 unspecified atom stereocenters. The molecular formula is C16H16ClNO2S. The van der Waals surface area contributed by atoms with Gasteiger partial charge in [0.15, 0.2) is 0 Å². The van der Waals surface area contributed by atoms with E-state index in [9.17, 15) is 4.79 Å². The zero-order valence-corrected chi connectivity index (χ0v) is 13.4. The zero-order valence-electron chi connectivity index (χ0n) is 11.8. The number of carbonyl (C=O) groups excluding carboxylic acids is 1. The summed E-state index contributed by atoms with van der Waals surface area (Å²) in [5.41, 5.74) is 0.945. The molecule has 1 aromatic heterocycles. The highest BCUT2D eigenvalue weighted by Crippen LogP contribution is 2.24. The van der Waals surface area contributed by atoms with Gasteiger partial charge in [0.25, 0.3) is 0 Å². The minimum atomic E-state index is -0.155. The second-order valence-corrected chi connectivity index (χ2v) is 6.19. The molecule has 1 aromatic carbocycles. The number of hydrogen-bond acceptors (Lipinski definition) is 3. The third-order valence-electron chi connectivity index (χ3n) is 2.96. The number of para-hydroxylation sites is 1. The van der Waals surface area contributed by atoms with Crippen molar-refractivity contribution in [2.75, 3.05) is 7.11 Å². The average molecular weight is 322 g/mol. The minimum absolute atomic E-state index is 0.134. The van der Waals surface area contributed by atoms with E-state index in [1.165, 1.54) is 17.4 Å². The van der Waals surface area contributed by atoms with Crippen molar-refractivity contribution in [3.8, 4) is 5.75 Å². The smallest absolute Gasteiger partial charge is 0.244 e. The van der Waals surface area contributed by atoms with Crippen molar-refractivity contribution in [1.82, 2.24) is 5.32 Å². The van der Waals surface area contributed by atoms with Gasteiger partial charge in [-0.1, -0.05) is 29.8 Å². The molecule has 1 amide bonds. The Labute approximate surface area is 133 Å². The molecule has 0 aliphatic rings.